The van der Waals surface area contributed by atoms with Crippen molar-refractivity contribution in [2.45, 2.75) is 45.8 Å². The van der Waals surface area contributed by atoms with Crippen LogP contribution in [0.2, 0.25) is 0 Å². The summed E-state index contributed by atoms with van der Waals surface area (Å²) >= 11 is 0. The van der Waals surface area contributed by atoms with E-state index in [1.165, 1.54) is 0 Å². The van der Waals surface area contributed by atoms with Gasteiger partial charge < -0.3 is 20.8 Å². The Kier molecular flexibility index (Phi) is 7.02. The molecule has 0 saturated heterocycles. The van der Waals surface area contributed by atoms with Crippen molar-refractivity contribution in [2.24, 2.45) is 0 Å². The van der Waals surface area contributed by atoms with Gasteiger partial charge in [-0.05, 0) is 38.0 Å². The number of ketones is 1. The van der Waals surface area contributed by atoms with E-state index in [2.05, 4.69) is 9.55 Å². The second kappa shape index (κ2) is 10.1. The molecule has 0 atom stereocenters. The molecule has 0 aliphatic carbocycles. The summed E-state index contributed by atoms with van der Waals surface area (Å²) in [6, 6.07) is 9.76. The van der Waals surface area contributed by atoms with Gasteiger partial charge in [0.25, 0.3) is 0 Å². The van der Waals surface area contributed by atoms with Gasteiger partial charge in [-0.3, -0.25) is 4.79 Å². The molecule has 7 nitrogen and oxygen atoms in total. The summed E-state index contributed by atoms with van der Waals surface area (Å²) in [6.45, 7) is 3.50. The fourth-order valence-corrected chi connectivity index (χ4v) is 4.07. The summed E-state index contributed by atoms with van der Waals surface area (Å²) in [5, 5.41) is 0.963. The zero-order valence-electron chi connectivity index (χ0n) is 19.0. The number of aromatic nitrogens is 3. The Labute approximate surface area is 195 Å². The maximum atomic E-state index is 13.6. The number of para-hydroxylation sites is 1. The predicted octanol–water partition coefficient (Wildman–Crippen LogP) is 5.01. The van der Waals surface area contributed by atoms with Crippen LogP contribution in [0.25, 0.3) is 21.9 Å². The summed E-state index contributed by atoms with van der Waals surface area (Å²) in [6.07, 6.45) is 2.31. The van der Waals surface area contributed by atoms with Crippen molar-refractivity contribution in [3.63, 3.8) is 0 Å². The number of benzene rings is 2. The number of Topliss-reactive ketones (excluding diaryl/α,β-unsaturated/α-hetero) is 1. The number of aryl methyl sites for hydroxylation is 1. The van der Waals surface area contributed by atoms with Crippen molar-refractivity contribution in [3.05, 3.63) is 59.4 Å². The predicted molar refractivity (Wildman–Crippen MR) is 128 cm³/mol. The van der Waals surface area contributed by atoms with Gasteiger partial charge >= 0.3 is 0 Å². The van der Waals surface area contributed by atoms with Gasteiger partial charge in [0.1, 0.15) is 35.3 Å². The van der Waals surface area contributed by atoms with Crippen LogP contribution >= 0.6 is 0 Å². The number of pyridine rings is 1. The van der Waals surface area contributed by atoms with Gasteiger partial charge in [-0.2, -0.15) is 0 Å². The molecular weight excluding hydrogens is 440 g/mol. The Balaban J connectivity index is 1.48. The van der Waals surface area contributed by atoms with E-state index in [9.17, 15) is 13.6 Å². The normalized spacial score (nSPS) is 11.5. The first-order chi connectivity index (χ1) is 16.4. The van der Waals surface area contributed by atoms with Gasteiger partial charge in [0, 0.05) is 30.5 Å². The number of carbonyl (C=O) groups is 1. The van der Waals surface area contributed by atoms with Crippen LogP contribution in [0.15, 0.2) is 36.4 Å². The number of nitrogens with zero attached hydrogens (tertiary/aromatic N) is 3. The number of ether oxygens (including phenoxy) is 1. The standard InChI is InChI=1S/C25H27F2N5O2/c1-2-34-14-21-31-23-24(16-8-5-6-9-19(16)30-25(23)29)32(21)11-7-3-4-10-20(33)15-12-17(26)22(28)18(27)13-15/h5-6,8-9,12-13H,2-4,7,10-11,14,28H2,1H3,(H2,29,30). The number of anilines is 2. The average Bonchev–Trinajstić information content (AvgIpc) is 3.19. The first kappa shape index (κ1) is 23.6. The van der Waals surface area contributed by atoms with E-state index in [0.29, 0.717) is 37.5 Å². The quantitative estimate of drug-likeness (QED) is 0.193. The lowest BCUT2D eigenvalue weighted by atomic mass is 10.0. The molecule has 4 N–H and O–H groups in total. The molecule has 0 fully saturated rings. The third-order valence-corrected chi connectivity index (χ3v) is 5.81. The van der Waals surface area contributed by atoms with E-state index in [1.54, 1.807) is 0 Å². The number of hydrogen-bond donors (Lipinski definition) is 2. The second-order valence-electron chi connectivity index (χ2n) is 8.12. The highest BCUT2D eigenvalue weighted by Gasteiger charge is 2.17. The molecule has 178 valence electrons. The molecule has 0 bridgehead atoms. The molecular formula is C25H27F2N5O2. The SMILES string of the molecule is CCOCc1nc2c(N)nc3ccccc3c2n1CCCCCC(=O)c1cc(F)c(N)c(F)c1. The summed E-state index contributed by atoms with van der Waals surface area (Å²) < 4.78 is 35.0. The zero-order valence-corrected chi connectivity index (χ0v) is 19.0. The van der Waals surface area contributed by atoms with E-state index in [1.807, 2.05) is 31.2 Å². The highest BCUT2D eigenvalue weighted by molar-refractivity contribution is 6.06. The van der Waals surface area contributed by atoms with Gasteiger partial charge in [-0.15, -0.1) is 0 Å². The van der Waals surface area contributed by atoms with Crippen molar-refractivity contribution < 1.29 is 18.3 Å². The van der Waals surface area contributed by atoms with Crippen molar-refractivity contribution in [3.8, 4) is 0 Å². The molecule has 2 aromatic heterocycles. The first-order valence-corrected chi connectivity index (χ1v) is 11.3. The molecule has 0 amide bonds. The number of hydrogen-bond acceptors (Lipinski definition) is 6. The minimum Gasteiger partial charge on any atom is -0.394 e. The summed E-state index contributed by atoms with van der Waals surface area (Å²) in [4.78, 5) is 21.5. The molecule has 0 aliphatic heterocycles. The fraction of sp³-hybridized carbons (Fsp3) is 0.320. The van der Waals surface area contributed by atoms with Crippen molar-refractivity contribution >= 4 is 39.2 Å². The van der Waals surface area contributed by atoms with Crippen molar-refractivity contribution in [1.29, 1.82) is 0 Å². The number of halogens is 2. The highest BCUT2D eigenvalue weighted by Crippen LogP contribution is 2.29. The number of carbonyl (C=O) groups excluding carboxylic acids is 1. The molecule has 9 heteroatoms. The van der Waals surface area contributed by atoms with Crippen LogP contribution in [0.1, 0.15) is 48.8 Å². The maximum Gasteiger partial charge on any atom is 0.163 e. The zero-order chi connectivity index (χ0) is 24.2. The Morgan fingerprint density at radius 3 is 2.53 bits per heavy atom. The van der Waals surface area contributed by atoms with Crippen LogP contribution < -0.4 is 11.5 Å². The Hall–Kier alpha value is -3.59. The van der Waals surface area contributed by atoms with Gasteiger partial charge in [0.15, 0.2) is 11.6 Å². The Bertz CT molecular complexity index is 1330. The summed E-state index contributed by atoms with van der Waals surface area (Å²) in [5.74, 6) is -1.01. The third-order valence-electron chi connectivity index (χ3n) is 5.81. The minimum atomic E-state index is -0.918. The molecule has 0 spiro atoms. The first-order valence-electron chi connectivity index (χ1n) is 11.3. The molecule has 0 unspecified atom stereocenters. The second-order valence-corrected chi connectivity index (χ2v) is 8.12. The van der Waals surface area contributed by atoms with Crippen LogP contribution in [-0.2, 0) is 17.9 Å². The lowest BCUT2D eigenvalue weighted by Gasteiger charge is -2.11. The van der Waals surface area contributed by atoms with Crippen LogP contribution in [0.4, 0.5) is 20.3 Å². The number of nitrogens with two attached hydrogens (primary N) is 2. The number of nitrogen functional groups attached to an aromatic ring is 2. The minimum absolute atomic E-state index is 0.00162. The Morgan fingerprint density at radius 1 is 1.06 bits per heavy atom. The lowest BCUT2D eigenvalue weighted by molar-refractivity contribution is 0.0978. The molecule has 4 rings (SSSR count). The monoisotopic (exact) mass is 467 g/mol. The molecule has 34 heavy (non-hydrogen) atoms. The van der Waals surface area contributed by atoms with Gasteiger partial charge in [-0.1, -0.05) is 24.6 Å². The number of imidazole rings is 1. The summed E-state index contributed by atoms with van der Waals surface area (Å²) in [5.41, 5.74) is 13.3. The maximum absolute atomic E-state index is 13.6. The molecule has 2 heterocycles. The highest BCUT2D eigenvalue weighted by atomic mass is 19.1. The van der Waals surface area contributed by atoms with Gasteiger partial charge in [0.05, 0.1) is 11.0 Å². The third kappa shape index (κ3) is 4.70. The molecule has 0 radical (unpaired) electrons. The van der Waals surface area contributed by atoms with E-state index >= 15 is 0 Å². The topological polar surface area (TPSA) is 109 Å². The fourth-order valence-electron chi connectivity index (χ4n) is 4.07. The van der Waals surface area contributed by atoms with Crippen molar-refractivity contribution in [1.82, 2.24) is 14.5 Å². The van der Waals surface area contributed by atoms with Gasteiger partial charge in [-0.25, -0.2) is 18.7 Å². The number of rotatable bonds is 10. The molecule has 4 aromatic rings. The molecule has 0 saturated carbocycles. The Morgan fingerprint density at radius 2 is 1.79 bits per heavy atom. The largest absolute Gasteiger partial charge is 0.394 e. The number of fused-ring (bicyclic) bond motifs is 3. The van der Waals surface area contributed by atoms with Crippen LogP contribution in [0.5, 0.6) is 0 Å². The average molecular weight is 468 g/mol. The van der Waals surface area contributed by atoms with E-state index < -0.39 is 17.3 Å². The number of unbranched alkanes of at least 4 members (excludes halogenated alkanes) is 2. The van der Waals surface area contributed by atoms with Crippen LogP contribution in [-0.4, -0.2) is 26.9 Å². The lowest BCUT2D eigenvalue weighted by Crippen LogP contribution is -2.07. The van der Waals surface area contributed by atoms with Crippen LogP contribution in [0.3, 0.4) is 0 Å². The molecule has 0 aliphatic rings. The van der Waals surface area contributed by atoms with Crippen LogP contribution in [0, 0.1) is 11.6 Å². The van der Waals surface area contributed by atoms with E-state index in [-0.39, 0.29) is 17.8 Å². The van der Waals surface area contributed by atoms with E-state index in [4.69, 9.17) is 21.2 Å². The van der Waals surface area contributed by atoms with Crippen molar-refractivity contribution in [2.75, 3.05) is 18.1 Å². The van der Waals surface area contributed by atoms with E-state index in [0.717, 1.165) is 47.2 Å². The summed E-state index contributed by atoms with van der Waals surface area (Å²) in [7, 11) is 0. The van der Waals surface area contributed by atoms with Gasteiger partial charge in [0.2, 0.25) is 0 Å². The molecule has 2 aromatic carbocycles. The smallest absolute Gasteiger partial charge is 0.163 e.